The van der Waals surface area contributed by atoms with Crippen molar-refractivity contribution < 1.29 is 8.98 Å². The number of fused-ring (bicyclic) bond motifs is 3. The molecule has 0 amide bonds. The van der Waals surface area contributed by atoms with Gasteiger partial charge in [-0.1, -0.05) is 52.0 Å². The van der Waals surface area contributed by atoms with Crippen LogP contribution in [0.1, 0.15) is 76.7 Å². The average Bonchev–Trinajstić information content (AvgIpc) is 3.13. The number of aromatic nitrogens is 2. The SMILES string of the molecule is [B]C([B])(c1cc[n+](C(CC)CCC)c(-c2c(C)ccc3c2oc2nc(C)ccc23)c1)C(C)(C)C. The van der Waals surface area contributed by atoms with Gasteiger partial charge in [0.2, 0.25) is 11.4 Å². The van der Waals surface area contributed by atoms with E-state index < -0.39 is 5.21 Å². The minimum atomic E-state index is -0.984. The first-order chi connectivity index (χ1) is 16.0. The number of furan rings is 1. The molecule has 0 bridgehead atoms. The molecule has 0 fully saturated rings. The molecule has 1 unspecified atom stereocenters. The fourth-order valence-corrected chi connectivity index (χ4v) is 4.82. The maximum Gasteiger partial charge on any atom is 0.227 e. The predicted octanol–water partition coefficient (Wildman–Crippen LogP) is 6.84. The molecule has 4 rings (SSSR count). The zero-order chi connectivity index (χ0) is 24.8. The maximum atomic E-state index is 6.74. The number of hydrogen-bond donors (Lipinski definition) is 0. The van der Waals surface area contributed by atoms with Crippen LogP contribution in [0.5, 0.6) is 0 Å². The molecule has 3 heterocycles. The first-order valence-electron chi connectivity index (χ1n) is 12.4. The average molecular weight is 449 g/mol. The van der Waals surface area contributed by atoms with Gasteiger partial charge in [0.1, 0.15) is 0 Å². The molecule has 34 heavy (non-hydrogen) atoms. The Morgan fingerprint density at radius 2 is 1.71 bits per heavy atom. The van der Waals surface area contributed by atoms with Crippen LogP contribution in [0.25, 0.3) is 33.3 Å². The third-order valence-corrected chi connectivity index (χ3v) is 7.30. The van der Waals surface area contributed by atoms with Gasteiger partial charge in [-0.25, -0.2) is 4.98 Å². The normalized spacial score (nSPS) is 13.6. The lowest BCUT2D eigenvalue weighted by molar-refractivity contribution is -0.713. The van der Waals surface area contributed by atoms with Crippen molar-refractivity contribution in [3.8, 4) is 11.3 Å². The number of hydrogen-bond acceptors (Lipinski definition) is 2. The molecule has 0 spiro atoms. The molecule has 3 nitrogen and oxygen atoms in total. The van der Waals surface area contributed by atoms with Crippen molar-refractivity contribution in [2.24, 2.45) is 5.41 Å². The zero-order valence-electron chi connectivity index (χ0n) is 21.7. The summed E-state index contributed by atoms with van der Waals surface area (Å²) in [5.74, 6) is 0. The summed E-state index contributed by atoms with van der Waals surface area (Å²) in [7, 11) is 13.5. The van der Waals surface area contributed by atoms with Crippen LogP contribution >= 0.6 is 0 Å². The molecule has 3 aromatic heterocycles. The Balaban J connectivity index is 2.08. The van der Waals surface area contributed by atoms with Gasteiger partial charge in [-0.15, -0.1) is 0 Å². The lowest BCUT2D eigenvalue weighted by atomic mass is 9.41. The van der Waals surface area contributed by atoms with Gasteiger partial charge >= 0.3 is 0 Å². The van der Waals surface area contributed by atoms with Crippen LogP contribution in [-0.2, 0) is 5.21 Å². The summed E-state index contributed by atoms with van der Waals surface area (Å²) < 4.78 is 8.82. The number of pyridine rings is 2. The largest absolute Gasteiger partial charge is 0.437 e. The minimum absolute atomic E-state index is 0.314. The summed E-state index contributed by atoms with van der Waals surface area (Å²) in [6, 6.07) is 13.1. The lowest BCUT2D eigenvalue weighted by Crippen LogP contribution is -2.45. The number of nitrogens with zero attached hydrogens (tertiary/aromatic N) is 2. The van der Waals surface area contributed by atoms with Crippen LogP contribution in [0.3, 0.4) is 0 Å². The smallest absolute Gasteiger partial charge is 0.227 e. The minimum Gasteiger partial charge on any atom is -0.437 e. The van der Waals surface area contributed by atoms with Gasteiger partial charge in [-0.2, -0.15) is 4.57 Å². The first-order valence-corrected chi connectivity index (χ1v) is 12.4. The van der Waals surface area contributed by atoms with Crippen LogP contribution in [0.15, 0.2) is 47.0 Å². The Kier molecular flexibility index (Phi) is 6.44. The second-order valence-electron chi connectivity index (χ2n) is 10.7. The third-order valence-electron chi connectivity index (χ3n) is 7.30. The summed E-state index contributed by atoms with van der Waals surface area (Å²) in [4.78, 5) is 4.66. The topological polar surface area (TPSA) is 29.9 Å². The Hall–Kier alpha value is -2.55. The fourth-order valence-electron chi connectivity index (χ4n) is 4.82. The molecule has 0 aliphatic rings. The molecule has 0 saturated carbocycles. The molecule has 1 atom stereocenters. The number of benzene rings is 1. The molecule has 5 heteroatoms. The van der Waals surface area contributed by atoms with E-state index in [4.69, 9.17) is 20.1 Å². The highest BCUT2D eigenvalue weighted by atomic mass is 16.3. The van der Waals surface area contributed by atoms with Crippen LogP contribution in [-0.4, -0.2) is 20.7 Å². The summed E-state index contributed by atoms with van der Waals surface area (Å²) >= 11 is 0. The van der Waals surface area contributed by atoms with Crippen molar-refractivity contribution in [3.63, 3.8) is 0 Å². The highest BCUT2D eigenvalue weighted by Gasteiger charge is 2.36. The third kappa shape index (κ3) is 4.08. The van der Waals surface area contributed by atoms with Crippen LogP contribution in [0, 0.1) is 19.3 Å². The number of aryl methyl sites for hydroxylation is 2. The van der Waals surface area contributed by atoms with E-state index in [-0.39, 0.29) is 5.41 Å². The van der Waals surface area contributed by atoms with Crippen molar-refractivity contribution in [2.75, 3.05) is 0 Å². The Bertz CT molecular complexity index is 1350. The Morgan fingerprint density at radius 1 is 1.00 bits per heavy atom. The number of rotatable bonds is 6. The van der Waals surface area contributed by atoms with E-state index in [1.54, 1.807) is 0 Å². The van der Waals surface area contributed by atoms with Crippen molar-refractivity contribution in [1.29, 1.82) is 0 Å². The second kappa shape index (κ2) is 8.91. The molecular weight excluding hydrogens is 414 g/mol. The Morgan fingerprint density at radius 3 is 2.35 bits per heavy atom. The van der Waals surface area contributed by atoms with Crippen molar-refractivity contribution in [2.45, 2.75) is 79.0 Å². The molecule has 4 aromatic rings. The molecule has 1 aromatic carbocycles. The van der Waals surface area contributed by atoms with E-state index in [2.05, 4.69) is 87.6 Å². The molecule has 172 valence electrons. The molecular formula is C29H35B2N2O+. The predicted molar refractivity (Wildman–Crippen MR) is 143 cm³/mol. The van der Waals surface area contributed by atoms with Crippen LogP contribution in [0.4, 0.5) is 0 Å². The zero-order valence-corrected chi connectivity index (χ0v) is 21.7. The molecule has 0 aliphatic carbocycles. The van der Waals surface area contributed by atoms with Gasteiger partial charge in [0.15, 0.2) is 17.8 Å². The van der Waals surface area contributed by atoms with Gasteiger partial charge in [0.05, 0.1) is 21.3 Å². The van der Waals surface area contributed by atoms with E-state index in [9.17, 15) is 0 Å². The van der Waals surface area contributed by atoms with Crippen molar-refractivity contribution in [1.82, 2.24) is 4.98 Å². The fraction of sp³-hybridized carbons (Fsp3) is 0.448. The second-order valence-corrected chi connectivity index (χ2v) is 10.7. The van der Waals surface area contributed by atoms with E-state index in [1.807, 2.05) is 13.0 Å². The van der Waals surface area contributed by atoms with Gasteiger partial charge in [-0.05, 0) is 48.9 Å². The van der Waals surface area contributed by atoms with Gasteiger partial charge < -0.3 is 4.42 Å². The lowest BCUT2D eigenvalue weighted by Gasteiger charge is -2.40. The maximum absolute atomic E-state index is 6.74. The highest BCUT2D eigenvalue weighted by Crippen LogP contribution is 2.40. The van der Waals surface area contributed by atoms with Gasteiger partial charge in [0, 0.05) is 41.4 Å². The Labute approximate surface area is 206 Å². The van der Waals surface area contributed by atoms with Crippen molar-refractivity contribution >= 4 is 37.8 Å². The van der Waals surface area contributed by atoms with Crippen LogP contribution in [0.2, 0.25) is 0 Å². The van der Waals surface area contributed by atoms with E-state index in [1.165, 1.54) is 0 Å². The summed E-state index contributed by atoms with van der Waals surface area (Å²) in [6.45, 7) is 14.9. The molecule has 0 aliphatic heterocycles. The van der Waals surface area contributed by atoms with E-state index in [0.29, 0.717) is 11.8 Å². The summed E-state index contributed by atoms with van der Waals surface area (Å²) in [5, 5.41) is 1.12. The van der Waals surface area contributed by atoms with E-state index in [0.717, 1.165) is 63.7 Å². The standard InChI is InChI=1S/C29H35B2N2O/c1-8-10-21(9-2)33-16-15-20(29(30,31)28(5,6)7)17-24(33)25-18(3)11-13-22-23-14-12-19(4)32-27(23)34-26(22)25/h11-17,21H,8-10H2,1-7H3/q+1. The molecule has 0 N–H and O–H groups in total. The van der Waals surface area contributed by atoms with E-state index >= 15 is 0 Å². The van der Waals surface area contributed by atoms with Crippen molar-refractivity contribution in [3.05, 3.63) is 59.4 Å². The van der Waals surface area contributed by atoms with Gasteiger partial charge in [0.25, 0.3) is 0 Å². The molecule has 4 radical (unpaired) electrons. The summed E-state index contributed by atoms with van der Waals surface area (Å²) in [5.41, 5.74) is 6.39. The van der Waals surface area contributed by atoms with Gasteiger partial charge in [-0.3, -0.25) is 0 Å². The highest BCUT2D eigenvalue weighted by molar-refractivity contribution is 6.40. The monoisotopic (exact) mass is 449 g/mol. The molecule has 0 saturated heterocycles. The quantitative estimate of drug-likeness (QED) is 0.238. The first kappa shape index (κ1) is 24.6. The van der Waals surface area contributed by atoms with Crippen LogP contribution < -0.4 is 4.57 Å². The summed E-state index contributed by atoms with van der Waals surface area (Å²) in [6.07, 6.45) is 5.41.